The molecule has 20 heavy (non-hydrogen) atoms. The van der Waals surface area contributed by atoms with Gasteiger partial charge in [-0.05, 0) is 13.0 Å². The Morgan fingerprint density at radius 3 is 2.55 bits per heavy atom. The highest BCUT2D eigenvalue weighted by Crippen LogP contribution is 2.45. The third-order valence-corrected chi connectivity index (χ3v) is 3.84. The molecule has 2 aliphatic rings. The largest absolute Gasteiger partial charge is 0.484 e. The van der Waals surface area contributed by atoms with Crippen LogP contribution in [0.3, 0.4) is 0 Å². The van der Waals surface area contributed by atoms with Crippen molar-refractivity contribution in [1.82, 2.24) is 0 Å². The van der Waals surface area contributed by atoms with Crippen molar-refractivity contribution in [3.8, 4) is 0 Å². The maximum Gasteiger partial charge on any atom is 0.260 e. The molecule has 0 spiro atoms. The summed E-state index contributed by atoms with van der Waals surface area (Å²) in [7, 11) is 0. The van der Waals surface area contributed by atoms with Crippen molar-refractivity contribution in [2.24, 2.45) is 0 Å². The fourth-order valence-corrected chi connectivity index (χ4v) is 2.90. The summed E-state index contributed by atoms with van der Waals surface area (Å²) in [6.07, 6.45) is -0.0192. The van der Waals surface area contributed by atoms with Crippen molar-refractivity contribution in [3.63, 3.8) is 0 Å². The third-order valence-electron chi connectivity index (χ3n) is 3.84. The van der Waals surface area contributed by atoms with E-state index in [1.165, 1.54) is 0 Å². The highest BCUT2D eigenvalue weighted by atomic mass is 16.5. The molecule has 0 saturated heterocycles. The van der Waals surface area contributed by atoms with Crippen LogP contribution in [0.2, 0.25) is 0 Å². The van der Waals surface area contributed by atoms with Gasteiger partial charge in [0.05, 0.1) is 5.57 Å². The molecule has 3 nitrogen and oxygen atoms in total. The minimum Gasteiger partial charge on any atom is -0.484 e. The Kier molecular flexibility index (Phi) is 2.24. The van der Waals surface area contributed by atoms with Crippen LogP contribution >= 0.6 is 0 Å². The van der Waals surface area contributed by atoms with Gasteiger partial charge in [0.25, 0.3) is 5.91 Å². The maximum absolute atomic E-state index is 12.3. The summed E-state index contributed by atoms with van der Waals surface area (Å²) in [5, 5.41) is 2.89. The average Bonchev–Trinajstić information content (AvgIpc) is 2.96. The summed E-state index contributed by atoms with van der Waals surface area (Å²) >= 11 is 0. The molecule has 1 unspecified atom stereocenters. The van der Waals surface area contributed by atoms with Gasteiger partial charge in [-0.15, -0.1) is 0 Å². The van der Waals surface area contributed by atoms with Gasteiger partial charge < -0.3 is 10.1 Å². The maximum atomic E-state index is 12.3. The standard InChI is InChI=1S/C17H13NO2/c1-10-11-6-2-3-7-12(11)16(20-10)15-13-8-4-5-9-14(13)18-17(15)19/h2-10H,1H3,(H,18,19)/b16-15+. The van der Waals surface area contributed by atoms with Gasteiger partial charge in [0, 0.05) is 22.4 Å². The van der Waals surface area contributed by atoms with Crippen LogP contribution in [0.25, 0.3) is 11.3 Å². The van der Waals surface area contributed by atoms with Crippen molar-refractivity contribution in [3.05, 3.63) is 65.2 Å². The molecule has 1 atom stereocenters. The second-order valence-electron chi connectivity index (χ2n) is 5.05. The molecule has 0 radical (unpaired) electrons. The second-order valence-corrected chi connectivity index (χ2v) is 5.05. The van der Waals surface area contributed by atoms with Gasteiger partial charge in [-0.3, -0.25) is 4.79 Å². The number of benzene rings is 2. The van der Waals surface area contributed by atoms with Gasteiger partial charge in [0.15, 0.2) is 0 Å². The van der Waals surface area contributed by atoms with Crippen LogP contribution in [0, 0.1) is 0 Å². The van der Waals surface area contributed by atoms with Gasteiger partial charge in [0.2, 0.25) is 0 Å². The van der Waals surface area contributed by atoms with Gasteiger partial charge in [-0.25, -0.2) is 0 Å². The summed E-state index contributed by atoms with van der Waals surface area (Å²) in [5.74, 6) is 0.598. The molecule has 2 aliphatic heterocycles. The topological polar surface area (TPSA) is 38.3 Å². The number of anilines is 1. The SMILES string of the molecule is CC1O/C(=C2/C(=O)Nc3ccccc32)c2ccccc21. The molecule has 2 aromatic carbocycles. The van der Waals surface area contributed by atoms with E-state index in [9.17, 15) is 4.79 Å². The van der Waals surface area contributed by atoms with Gasteiger partial charge >= 0.3 is 0 Å². The molecule has 3 heteroatoms. The number of fused-ring (bicyclic) bond motifs is 2. The zero-order valence-corrected chi connectivity index (χ0v) is 11.0. The first-order chi connectivity index (χ1) is 9.75. The van der Waals surface area contributed by atoms with Crippen molar-refractivity contribution in [2.45, 2.75) is 13.0 Å². The Bertz CT molecular complexity index is 761. The monoisotopic (exact) mass is 263 g/mol. The molecule has 1 N–H and O–H groups in total. The molecule has 0 fully saturated rings. The molecular formula is C17H13NO2. The quantitative estimate of drug-likeness (QED) is 0.737. The third kappa shape index (κ3) is 1.43. The Hall–Kier alpha value is -2.55. The number of rotatable bonds is 0. The van der Waals surface area contributed by atoms with Crippen LogP contribution in [-0.4, -0.2) is 5.91 Å². The average molecular weight is 263 g/mol. The molecule has 2 heterocycles. The van der Waals surface area contributed by atoms with E-state index in [2.05, 4.69) is 5.32 Å². The number of nitrogens with one attached hydrogen (secondary N) is 1. The van der Waals surface area contributed by atoms with E-state index in [0.29, 0.717) is 11.3 Å². The molecular weight excluding hydrogens is 250 g/mol. The summed E-state index contributed by atoms with van der Waals surface area (Å²) in [5.41, 5.74) is 4.54. The lowest BCUT2D eigenvalue weighted by molar-refractivity contribution is -0.110. The minimum atomic E-state index is -0.0925. The number of carbonyl (C=O) groups is 1. The van der Waals surface area contributed by atoms with E-state index >= 15 is 0 Å². The molecule has 98 valence electrons. The predicted octanol–water partition coefficient (Wildman–Crippen LogP) is 3.60. The number of amides is 1. The predicted molar refractivity (Wildman–Crippen MR) is 77.8 cm³/mol. The molecule has 0 saturated carbocycles. The van der Waals surface area contributed by atoms with Gasteiger partial charge in [-0.2, -0.15) is 0 Å². The first-order valence-electron chi connectivity index (χ1n) is 6.66. The first-order valence-corrected chi connectivity index (χ1v) is 6.66. The lowest BCUT2D eigenvalue weighted by Gasteiger charge is -2.07. The molecule has 0 aromatic heterocycles. The highest BCUT2D eigenvalue weighted by molar-refractivity contribution is 6.36. The first kappa shape index (κ1) is 11.3. The van der Waals surface area contributed by atoms with Crippen LogP contribution < -0.4 is 5.32 Å². The van der Waals surface area contributed by atoms with Crippen molar-refractivity contribution < 1.29 is 9.53 Å². The number of ether oxygens (including phenoxy) is 1. The minimum absolute atomic E-state index is 0.0192. The zero-order valence-electron chi connectivity index (χ0n) is 11.0. The smallest absolute Gasteiger partial charge is 0.260 e. The molecule has 0 aliphatic carbocycles. The molecule has 2 aromatic rings. The lowest BCUT2D eigenvalue weighted by atomic mass is 9.99. The van der Waals surface area contributed by atoms with Crippen LogP contribution in [-0.2, 0) is 9.53 Å². The summed E-state index contributed by atoms with van der Waals surface area (Å²) < 4.78 is 5.96. The van der Waals surface area contributed by atoms with E-state index in [0.717, 1.165) is 22.4 Å². The lowest BCUT2D eigenvalue weighted by Crippen LogP contribution is -2.05. The number of hydrogen-bond donors (Lipinski definition) is 1. The Labute approximate surface area is 116 Å². The van der Waals surface area contributed by atoms with Gasteiger partial charge in [0.1, 0.15) is 11.9 Å². The fraction of sp³-hybridized carbons (Fsp3) is 0.118. The molecule has 4 rings (SSSR count). The van der Waals surface area contributed by atoms with Crippen LogP contribution in [0.5, 0.6) is 0 Å². The second kappa shape index (κ2) is 3.97. The van der Waals surface area contributed by atoms with E-state index in [1.54, 1.807) is 0 Å². The van der Waals surface area contributed by atoms with Crippen molar-refractivity contribution in [1.29, 1.82) is 0 Å². The summed E-state index contributed by atoms with van der Waals surface area (Å²) in [4.78, 5) is 12.3. The van der Waals surface area contributed by atoms with Crippen molar-refractivity contribution in [2.75, 3.05) is 5.32 Å². The summed E-state index contributed by atoms with van der Waals surface area (Å²) in [6.45, 7) is 2.01. The zero-order chi connectivity index (χ0) is 13.7. The van der Waals surface area contributed by atoms with E-state index in [4.69, 9.17) is 4.74 Å². The van der Waals surface area contributed by atoms with E-state index in [1.807, 2.05) is 55.5 Å². The van der Waals surface area contributed by atoms with Crippen LogP contribution in [0.15, 0.2) is 48.5 Å². The Morgan fingerprint density at radius 2 is 1.70 bits per heavy atom. The van der Waals surface area contributed by atoms with Crippen LogP contribution in [0.1, 0.15) is 29.7 Å². The molecule has 1 amide bonds. The normalized spacial score (nSPS) is 23.1. The Morgan fingerprint density at radius 1 is 1.00 bits per heavy atom. The van der Waals surface area contributed by atoms with Crippen molar-refractivity contribution >= 4 is 22.9 Å². The number of carbonyl (C=O) groups excluding carboxylic acids is 1. The van der Waals surface area contributed by atoms with E-state index < -0.39 is 0 Å². The molecule has 0 bridgehead atoms. The Balaban J connectivity index is 1.99. The number of hydrogen-bond acceptors (Lipinski definition) is 2. The summed E-state index contributed by atoms with van der Waals surface area (Å²) in [6, 6.07) is 15.7. The number of para-hydroxylation sites is 1. The van der Waals surface area contributed by atoms with E-state index in [-0.39, 0.29) is 12.0 Å². The fourth-order valence-electron chi connectivity index (χ4n) is 2.90. The van der Waals surface area contributed by atoms with Crippen LogP contribution in [0.4, 0.5) is 5.69 Å². The highest BCUT2D eigenvalue weighted by Gasteiger charge is 2.34. The van der Waals surface area contributed by atoms with Gasteiger partial charge in [-0.1, -0.05) is 42.5 Å².